The van der Waals surface area contributed by atoms with Crippen LogP contribution in [0.25, 0.3) is 5.76 Å². The Balaban J connectivity index is 1.84. The van der Waals surface area contributed by atoms with Crippen molar-refractivity contribution in [2.45, 2.75) is 39.8 Å². The van der Waals surface area contributed by atoms with Crippen molar-refractivity contribution in [2.24, 2.45) is 0 Å². The minimum atomic E-state index is -0.920. The first-order chi connectivity index (χ1) is 18.7. The maximum absolute atomic E-state index is 13.4. The number of amides is 1. The van der Waals surface area contributed by atoms with E-state index in [1.807, 2.05) is 20.8 Å². The Morgan fingerprint density at radius 1 is 0.974 bits per heavy atom. The van der Waals surface area contributed by atoms with Crippen molar-refractivity contribution in [1.29, 1.82) is 0 Å². The molecule has 1 aliphatic heterocycles. The third kappa shape index (κ3) is 5.50. The highest BCUT2D eigenvalue weighted by Gasteiger charge is 2.47. The first kappa shape index (κ1) is 27.4. The molecule has 1 N–H and O–H groups in total. The van der Waals surface area contributed by atoms with E-state index in [0.717, 1.165) is 5.56 Å². The molecule has 0 bridgehead atoms. The largest absolute Gasteiger partial charge is 0.507 e. The third-order valence-corrected chi connectivity index (χ3v) is 6.34. The van der Waals surface area contributed by atoms with E-state index >= 15 is 0 Å². The van der Waals surface area contributed by atoms with Gasteiger partial charge in [0.05, 0.1) is 37.0 Å². The molecule has 0 aromatic heterocycles. The van der Waals surface area contributed by atoms with Crippen molar-refractivity contribution in [3.05, 3.63) is 94.6 Å². The molecule has 1 fully saturated rings. The molecule has 0 saturated carbocycles. The molecule has 8 heteroatoms. The number of esters is 1. The Morgan fingerprint density at radius 3 is 2.18 bits per heavy atom. The fraction of sp³-hybridized carbons (Fsp3) is 0.258. The molecule has 0 aliphatic carbocycles. The molecule has 1 amide bonds. The molecular formula is C31H31NO7. The number of benzene rings is 3. The number of hydrogen-bond donors (Lipinski definition) is 1. The van der Waals surface area contributed by atoms with Gasteiger partial charge >= 0.3 is 5.97 Å². The molecule has 1 unspecified atom stereocenters. The zero-order valence-corrected chi connectivity index (χ0v) is 22.6. The van der Waals surface area contributed by atoms with E-state index in [1.54, 1.807) is 68.6 Å². The van der Waals surface area contributed by atoms with Crippen molar-refractivity contribution >= 4 is 29.1 Å². The van der Waals surface area contributed by atoms with Crippen LogP contribution in [0.3, 0.4) is 0 Å². The Hall–Kier alpha value is -4.59. The van der Waals surface area contributed by atoms with E-state index in [-0.39, 0.29) is 24.0 Å². The number of aryl methyl sites for hydroxylation is 1. The number of aliphatic hydroxyl groups is 1. The van der Waals surface area contributed by atoms with Gasteiger partial charge in [-0.3, -0.25) is 14.5 Å². The predicted molar refractivity (Wildman–Crippen MR) is 147 cm³/mol. The van der Waals surface area contributed by atoms with Gasteiger partial charge in [0.15, 0.2) is 0 Å². The Bertz CT molecular complexity index is 1420. The van der Waals surface area contributed by atoms with Crippen LogP contribution in [0.2, 0.25) is 0 Å². The van der Waals surface area contributed by atoms with Gasteiger partial charge in [-0.25, -0.2) is 4.79 Å². The van der Waals surface area contributed by atoms with Crippen LogP contribution < -0.4 is 14.4 Å². The summed E-state index contributed by atoms with van der Waals surface area (Å²) in [7, 11) is 1.54. The first-order valence-electron chi connectivity index (χ1n) is 12.7. The standard InChI is InChI=1S/C31H31NO7/c1-6-38-31(36)21-7-12-23(13-8-21)32-27(20-9-14-24(37-5)15-10-20)26(29(34)30(32)35)28(33)22-11-16-25(19(4)17-22)39-18(2)3/h7-18,27,33H,6H2,1-5H3/b28-26-. The lowest BCUT2D eigenvalue weighted by Gasteiger charge is -2.25. The number of nitrogens with zero attached hydrogens (tertiary/aromatic N) is 1. The van der Waals surface area contributed by atoms with Crippen LogP contribution in [0.1, 0.15) is 53.9 Å². The van der Waals surface area contributed by atoms with Gasteiger partial charge in [0.2, 0.25) is 0 Å². The van der Waals surface area contributed by atoms with Gasteiger partial charge in [-0.1, -0.05) is 12.1 Å². The van der Waals surface area contributed by atoms with E-state index in [0.29, 0.717) is 33.9 Å². The number of Topliss-reactive ketones (excluding diaryl/α,β-unsaturated/α-hetero) is 1. The number of anilines is 1. The smallest absolute Gasteiger partial charge is 0.338 e. The predicted octanol–water partition coefficient (Wildman–Crippen LogP) is 5.59. The van der Waals surface area contributed by atoms with Gasteiger partial charge < -0.3 is 19.3 Å². The highest BCUT2D eigenvalue weighted by Crippen LogP contribution is 2.43. The van der Waals surface area contributed by atoms with Gasteiger partial charge in [-0.05, 0) is 93.4 Å². The van der Waals surface area contributed by atoms with Crippen molar-refractivity contribution in [1.82, 2.24) is 0 Å². The first-order valence-corrected chi connectivity index (χ1v) is 12.7. The summed E-state index contributed by atoms with van der Waals surface area (Å²) in [5, 5.41) is 11.4. The molecule has 0 spiro atoms. The van der Waals surface area contributed by atoms with Crippen LogP contribution in [0.4, 0.5) is 5.69 Å². The summed E-state index contributed by atoms with van der Waals surface area (Å²) in [5.74, 6) is -1.13. The molecule has 1 atom stereocenters. The highest BCUT2D eigenvalue weighted by atomic mass is 16.5. The SMILES string of the molecule is CCOC(=O)c1ccc(N2C(=O)C(=O)/C(=C(\O)c3ccc(OC(C)C)c(C)c3)C2c2ccc(OC)cc2)cc1. The van der Waals surface area contributed by atoms with Crippen LogP contribution >= 0.6 is 0 Å². The number of methoxy groups -OCH3 is 1. The lowest BCUT2D eigenvalue weighted by Crippen LogP contribution is -2.29. The quantitative estimate of drug-likeness (QED) is 0.176. The molecule has 4 rings (SSSR count). The summed E-state index contributed by atoms with van der Waals surface area (Å²) < 4.78 is 16.1. The van der Waals surface area contributed by atoms with E-state index in [1.165, 1.54) is 17.0 Å². The number of carbonyl (C=O) groups is 3. The van der Waals surface area contributed by atoms with Crippen molar-refractivity contribution in [3.63, 3.8) is 0 Å². The number of rotatable bonds is 8. The maximum atomic E-state index is 13.4. The molecule has 39 heavy (non-hydrogen) atoms. The second-order valence-electron chi connectivity index (χ2n) is 9.36. The third-order valence-electron chi connectivity index (χ3n) is 6.34. The average Bonchev–Trinajstić information content (AvgIpc) is 3.19. The number of ether oxygens (including phenoxy) is 3. The molecule has 3 aromatic rings. The fourth-order valence-electron chi connectivity index (χ4n) is 4.51. The Kier molecular flexibility index (Phi) is 8.04. The topological polar surface area (TPSA) is 102 Å². The molecule has 1 heterocycles. The Morgan fingerprint density at radius 2 is 1.62 bits per heavy atom. The summed E-state index contributed by atoms with van der Waals surface area (Å²) in [4.78, 5) is 40.3. The fourth-order valence-corrected chi connectivity index (χ4v) is 4.51. The molecule has 8 nitrogen and oxygen atoms in total. The minimum absolute atomic E-state index is 0.0289. The normalized spacial score (nSPS) is 16.5. The van der Waals surface area contributed by atoms with E-state index in [4.69, 9.17) is 14.2 Å². The highest BCUT2D eigenvalue weighted by molar-refractivity contribution is 6.51. The van der Waals surface area contributed by atoms with Crippen LogP contribution in [0.15, 0.2) is 72.3 Å². The number of hydrogen-bond acceptors (Lipinski definition) is 7. The van der Waals surface area contributed by atoms with Crippen molar-refractivity contribution < 1.29 is 33.7 Å². The molecule has 1 aliphatic rings. The van der Waals surface area contributed by atoms with Gasteiger partial charge in [0.25, 0.3) is 11.7 Å². The summed E-state index contributed by atoms with van der Waals surface area (Å²) in [6, 6.07) is 17.4. The number of aliphatic hydroxyl groups excluding tert-OH is 1. The van der Waals surface area contributed by atoms with Crippen LogP contribution in [0, 0.1) is 6.92 Å². The Labute approximate surface area is 227 Å². The second kappa shape index (κ2) is 11.4. The summed E-state index contributed by atoms with van der Waals surface area (Å²) >= 11 is 0. The lowest BCUT2D eigenvalue weighted by molar-refractivity contribution is -0.132. The number of ketones is 1. The number of carbonyl (C=O) groups excluding carboxylic acids is 3. The van der Waals surface area contributed by atoms with Crippen molar-refractivity contribution in [3.8, 4) is 11.5 Å². The zero-order valence-electron chi connectivity index (χ0n) is 22.6. The van der Waals surface area contributed by atoms with E-state index in [9.17, 15) is 19.5 Å². The van der Waals surface area contributed by atoms with Gasteiger partial charge in [-0.2, -0.15) is 0 Å². The molecule has 202 valence electrons. The van der Waals surface area contributed by atoms with Crippen LogP contribution in [-0.2, 0) is 14.3 Å². The molecule has 0 radical (unpaired) electrons. The van der Waals surface area contributed by atoms with E-state index < -0.39 is 23.7 Å². The second-order valence-corrected chi connectivity index (χ2v) is 9.36. The van der Waals surface area contributed by atoms with Crippen molar-refractivity contribution in [2.75, 3.05) is 18.6 Å². The van der Waals surface area contributed by atoms with Gasteiger partial charge in [0, 0.05) is 11.3 Å². The van der Waals surface area contributed by atoms with Crippen LogP contribution in [-0.4, -0.2) is 42.6 Å². The molecule has 1 saturated heterocycles. The monoisotopic (exact) mass is 529 g/mol. The summed E-state index contributed by atoms with van der Waals surface area (Å²) in [6.45, 7) is 7.63. The molecule has 3 aromatic carbocycles. The van der Waals surface area contributed by atoms with Gasteiger partial charge in [-0.15, -0.1) is 0 Å². The zero-order chi connectivity index (χ0) is 28.3. The van der Waals surface area contributed by atoms with Crippen LogP contribution in [0.5, 0.6) is 11.5 Å². The molecular weight excluding hydrogens is 498 g/mol. The van der Waals surface area contributed by atoms with E-state index in [2.05, 4.69) is 0 Å². The minimum Gasteiger partial charge on any atom is -0.507 e. The lowest BCUT2D eigenvalue weighted by atomic mass is 9.94. The maximum Gasteiger partial charge on any atom is 0.338 e. The van der Waals surface area contributed by atoms with Gasteiger partial charge in [0.1, 0.15) is 17.3 Å². The summed E-state index contributed by atoms with van der Waals surface area (Å²) in [5.41, 5.74) is 2.42. The average molecular weight is 530 g/mol. The summed E-state index contributed by atoms with van der Waals surface area (Å²) in [6.07, 6.45) is -0.0289.